The second-order valence-electron chi connectivity index (χ2n) is 7.63. The number of halogens is 2. The molecule has 28 heavy (non-hydrogen) atoms. The molecule has 0 N–H and O–H groups in total. The molecule has 0 amide bonds. The predicted octanol–water partition coefficient (Wildman–Crippen LogP) is 7.81. The van der Waals surface area contributed by atoms with E-state index in [-0.39, 0.29) is 56.4 Å². The molecule has 0 spiro atoms. The smallest absolute Gasteiger partial charge is 0.0193 e. The first kappa shape index (κ1) is 25.2. The molecule has 0 aromatic heterocycles. The maximum absolute atomic E-state index is 3.98. The van der Waals surface area contributed by atoms with Crippen LogP contribution in [0.3, 0.4) is 0 Å². The van der Waals surface area contributed by atoms with E-state index in [9.17, 15) is 0 Å². The van der Waals surface area contributed by atoms with Crippen LogP contribution in [-0.4, -0.2) is 0 Å². The summed E-state index contributed by atoms with van der Waals surface area (Å²) in [5.41, 5.74) is 8.94. The number of rotatable bonds is 5. The molecule has 146 valence electrons. The molecule has 2 aromatic rings. The van der Waals surface area contributed by atoms with E-state index in [1.807, 2.05) is 0 Å². The molecule has 0 fully saturated rings. The van der Waals surface area contributed by atoms with Crippen LogP contribution in [0.4, 0.5) is 0 Å². The largest absolute Gasteiger partial charge is 0.147 e. The topological polar surface area (TPSA) is 0 Å². The molecule has 0 aliphatic heterocycles. The second kappa shape index (κ2) is 10.2. The maximum Gasteiger partial charge on any atom is 0.0193 e. The van der Waals surface area contributed by atoms with Crippen LogP contribution in [0.2, 0.25) is 0 Å². The minimum Gasteiger partial charge on any atom is -0.147 e. The van der Waals surface area contributed by atoms with Crippen molar-refractivity contribution in [3.8, 4) is 11.1 Å². The molecule has 2 unspecified atom stereocenters. The molecule has 0 saturated heterocycles. The molecule has 0 nitrogen and oxygen atoms in total. The van der Waals surface area contributed by atoms with E-state index in [4.69, 9.17) is 0 Å². The zero-order chi connectivity index (χ0) is 17.4. The zero-order valence-electron chi connectivity index (χ0n) is 16.6. The van der Waals surface area contributed by atoms with Gasteiger partial charge in [0.25, 0.3) is 0 Å². The van der Waals surface area contributed by atoms with E-state index in [1.54, 1.807) is 5.57 Å². The summed E-state index contributed by atoms with van der Waals surface area (Å²) >= 11 is 0. The SMILES string of the molecule is C=CCCC(C)(C1=CC=CC1)C1c2ccccc2-c2c(C)cccc21.Cl.Cl.[Zr]. The number of allylic oxidation sites excluding steroid dienone is 5. The van der Waals surface area contributed by atoms with Gasteiger partial charge in [0.05, 0.1) is 0 Å². The van der Waals surface area contributed by atoms with Crippen molar-refractivity contribution in [2.24, 2.45) is 5.41 Å². The average Bonchev–Trinajstić information content (AvgIpc) is 3.27. The standard InChI is InChI=1S/C25H26.2ClH.Zr/c1-4-5-17-25(3,19-12-6-7-13-19)24-21-15-9-8-14-20(21)23-18(2)11-10-16-22(23)24;;;/h4,6-12,14-16,24H,1,5,13,17H2,2-3H3;2*1H;. The van der Waals surface area contributed by atoms with Gasteiger partial charge in [-0.2, -0.15) is 0 Å². The van der Waals surface area contributed by atoms with Gasteiger partial charge in [0.2, 0.25) is 0 Å². The Morgan fingerprint density at radius 2 is 1.79 bits per heavy atom. The van der Waals surface area contributed by atoms with Crippen LogP contribution < -0.4 is 0 Å². The third-order valence-electron chi connectivity index (χ3n) is 6.17. The van der Waals surface area contributed by atoms with Gasteiger partial charge in [-0.1, -0.05) is 79.3 Å². The molecule has 0 saturated carbocycles. The third kappa shape index (κ3) is 4.04. The van der Waals surface area contributed by atoms with Gasteiger partial charge >= 0.3 is 0 Å². The monoisotopic (exact) mass is 488 g/mol. The summed E-state index contributed by atoms with van der Waals surface area (Å²) in [6.07, 6.45) is 12.2. The first-order chi connectivity index (χ1) is 12.2. The summed E-state index contributed by atoms with van der Waals surface area (Å²) in [6, 6.07) is 15.8. The number of hydrogen-bond acceptors (Lipinski definition) is 0. The van der Waals surface area contributed by atoms with Crippen LogP contribution in [0.25, 0.3) is 11.1 Å². The molecule has 2 aromatic carbocycles. The Hall–Kier alpha value is -0.877. The van der Waals surface area contributed by atoms with Gasteiger partial charge in [0.15, 0.2) is 0 Å². The van der Waals surface area contributed by atoms with E-state index in [0.717, 1.165) is 19.3 Å². The van der Waals surface area contributed by atoms with Crippen LogP contribution in [-0.2, 0) is 26.2 Å². The molecule has 0 heterocycles. The summed E-state index contributed by atoms with van der Waals surface area (Å²) in [7, 11) is 0. The predicted molar refractivity (Wildman–Crippen MR) is 122 cm³/mol. The zero-order valence-corrected chi connectivity index (χ0v) is 20.7. The van der Waals surface area contributed by atoms with E-state index < -0.39 is 0 Å². The molecule has 2 atom stereocenters. The van der Waals surface area contributed by atoms with E-state index in [2.05, 4.69) is 87.2 Å². The first-order valence-corrected chi connectivity index (χ1v) is 9.32. The normalized spacial score (nSPS) is 17.8. The molecule has 0 radical (unpaired) electrons. The van der Waals surface area contributed by atoms with Gasteiger partial charge in [0.1, 0.15) is 0 Å². The van der Waals surface area contributed by atoms with Crippen LogP contribution >= 0.6 is 24.8 Å². The van der Waals surface area contributed by atoms with E-state index in [0.29, 0.717) is 5.92 Å². The summed E-state index contributed by atoms with van der Waals surface area (Å²) in [6.45, 7) is 8.70. The van der Waals surface area contributed by atoms with Crippen molar-refractivity contribution in [1.29, 1.82) is 0 Å². The van der Waals surface area contributed by atoms with Crippen LogP contribution in [0.5, 0.6) is 0 Å². The van der Waals surface area contributed by atoms with Gasteiger partial charge in [-0.3, -0.25) is 0 Å². The minimum atomic E-state index is 0. The Bertz CT molecular complexity index is 897. The molecule has 0 bridgehead atoms. The minimum absolute atomic E-state index is 0. The Morgan fingerprint density at radius 3 is 2.46 bits per heavy atom. The quantitative estimate of drug-likeness (QED) is 0.375. The Labute approximate surface area is 201 Å². The van der Waals surface area contributed by atoms with Crippen molar-refractivity contribution in [2.75, 3.05) is 0 Å². The van der Waals surface area contributed by atoms with Crippen molar-refractivity contribution in [1.82, 2.24) is 0 Å². The van der Waals surface area contributed by atoms with Gasteiger partial charge in [-0.05, 0) is 54.0 Å². The Balaban J connectivity index is 0.00000131. The third-order valence-corrected chi connectivity index (χ3v) is 6.17. The first-order valence-electron chi connectivity index (χ1n) is 9.32. The van der Waals surface area contributed by atoms with Crippen molar-refractivity contribution in [2.45, 2.75) is 39.0 Å². The molecule has 2 aliphatic carbocycles. The molecular formula is C25H28Cl2Zr. The second-order valence-corrected chi connectivity index (χ2v) is 7.63. The van der Waals surface area contributed by atoms with Gasteiger partial charge in [-0.25, -0.2) is 0 Å². The molecule has 4 rings (SSSR count). The maximum atomic E-state index is 3.98. The summed E-state index contributed by atoms with van der Waals surface area (Å²) < 4.78 is 0. The van der Waals surface area contributed by atoms with Crippen molar-refractivity contribution in [3.63, 3.8) is 0 Å². The summed E-state index contributed by atoms with van der Waals surface area (Å²) in [4.78, 5) is 0. The van der Waals surface area contributed by atoms with Gasteiger partial charge < -0.3 is 0 Å². The van der Waals surface area contributed by atoms with Gasteiger partial charge in [0, 0.05) is 37.5 Å². The number of aryl methyl sites for hydroxylation is 1. The fourth-order valence-electron chi connectivity index (χ4n) is 4.89. The molecule has 3 heteroatoms. The van der Waals surface area contributed by atoms with E-state index >= 15 is 0 Å². The Kier molecular flexibility index (Phi) is 9.20. The molecule has 2 aliphatic rings. The number of hydrogen-bond donors (Lipinski definition) is 0. The average molecular weight is 491 g/mol. The fourth-order valence-corrected chi connectivity index (χ4v) is 4.89. The van der Waals surface area contributed by atoms with E-state index in [1.165, 1.54) is 27.8 Å². The van der Waals surface area contributed by atoms with Crippen molar-refractivity contribution >= 4 is 24.8 Å². The number of fused-ring (bicyclic) bond motifs is 3. The fraction of sp³-hybridized carbons (Fsp3) is 0.280. The molecular weight excluding hydrogens is 462 g/mol. The van der Waals surface area contributed by atoms with Crippen molar-refractivity contribution in [3.05, 3.63) is 95.6 Å². The van der Waals surface area contributed by atoms with Crippen LogP contribution in [0.15, 0.2) is 78.9 Å². The number of benzene rings is 2. The Morgan fingerprint density at radius 1 is 1.07 bits per heavy atom. The van der Waals surface area contributed by atoms with Crippen molar-refractivity contribution < 1.29 is 26.2 Å². The van der Waals surface area contributed by atoms with Crippen LogP contribution in [0, 0.1) is 12.3 Å². The van der Waals surface area contributed by atoms with Crippen LogP contribution in [0.1, 0.15) is 48.8 Å². The van der Waals surface area contributed by atoms with Gasteiger partial charge in [-0.15, -0.1) is 31.4 Å². The summed E-state index contributed by atoms with van der Waals surface area (Å²) in [5.74, 6) is 0.421. The summed E-state index contributed by atoms with van der Waals surface area (Å²) in [5, 5.41) is 0.